The van der Waals surface area contributed by atoms with Gasteiger partial charge in [0.15, 0.2) is 5.11 Å². The topological polar surface area (TPSA) is 120 Å². The molecule has 4 N–H and O–H groups in total. The lowest BCUT2D eigenvalue weighted by atomic mass is 10.1. The van der Waals surface area contributed by atoms with Gasteiger partial charge < -0.3 is 16.0 Å². The van der Waals surface area contributed by atoms with Crippen LogP contribution in [-0.4, -0.2) is 29.0 Å². The number of nitrogens with one attached hydrogen (secondary N) is 3. The Hall–Kier alpha value is -4.16. The first-order valence-corrected chi connectivity index (χ1v) is 14.4. The molecule has 0 saturated heterocycles. The molecule has 0 aliphatic rings. The van der Waals surface area contributed by atoms with E-state index < -0.39 is 10.1 Å². The van der Waals surface area contributed by atoms with Crippen LogP contribution < -0.4 is 16.0 Å². The molecule has 1 heterocycles. The van der Waals surface area contributed by atoms with Gasteiger partial charge in [-0.25, -0.2) is 4.98 Å². The molecule has 0 unspecified atom stereocenters. The van der Waals surface area contributed by atoms with Gasteiger partial charge >= 0.3 is 0 Å². The van der Waals surface area contributed by atoms with Crippen LogP contribution in [0.3, 0.4) is 0 Å². The molecule has 5 rings (SSSR count). The zero-order chi connectivity index (χ0) is 27.6. The first kappa shape index (κ1) is 26.4. The van der Waals surface area contributed by atoms with Crippen LogP contribution >= 0.6 is 23.6 Å². The molecule has 1 amide bonds. The third-order valence-corrected chi connectivity index (χ3v) is 8.31. The first-order chi connectivity index (χ1) is 18.7. The quantitative estimate of drug-likeness (QED) is 0.133. The molecule has 1 aromatic heterocycles. The summed E-state index contributed by atoms with van der Waals surface area (Å²) >= 11 is 6.52. The fraction of sp³-hybridized carbons (Fsp3) is 0.0357. The van der Waals surface area contributed by atoms with Crippen LogP contribution in [0.4, 0.5) is 17.1 Å². The lowest BCUT2D eigenvalue weighted by Gasteiger charge is -2.11. The van der Waals surface area contributed by atoms with E-state index in [0.717, 1.165) is 16.9 Å². The molecule has 39 heavy (non-hydrogen) atoms. The van der Waals surface area contributed by atoms with Crippen molar-refractivity contribution in [3.05, 3.63) is 102 Å². The van der Waals surface area contributed by atoms with Crippen LogP contribution in [0.25, 0.3) is 20.8 Å². The van der Waals surface area contributed by atoms with E-state index in [1.165, 1.54) is 11.3 Å². The summed E-state index contributed by atoms with van der Waals surface area (Å²) in [6, 6.07) is 26.9. The summed E-state index contributed by atoms with van der Waals surface area (Å²) in [6.45, 7) is 1.63. The predicted octanol–water partition coefficient (Wildman–Crippen LogP) is 6.58. The van der Waals surface area contributed by atoms with Crippen LogP contribution in [0, 0.1) is 6.92 Å². The van der Waals surface area contributed by atoms with Gasteiger partial charge in [0, 0.05) is 28.2 Å². The number of rotatable bonds is 6. The van der Waals surface area contributed by atoms with Crippen molar-refractivity contribution in [1.82, 2.24) is 4.98 Å². The second kappa shape index (κ2) is 10.9. The summed E-state index contributed by atoms with van der Waals surface area (Å²) in [5, 5.41) is 10.1. The van der Waals surface area contributed by atoms with Crippen molar-refractivity contribution in [2.75, 3.05) is 16.0 Å². The van der Waals surface area contributed by atoms with Crippen LogP contribution in [0.15, 0.2) is 95.9 Å². The molecule has 0 atom stereocenters. The highest BCUT2D eigenvalue weighted by molar-refractivity contribution is 7.86. The second-order valence-electron chi connectivity index (χ2n) is 8.61. The van der Waals surface area contributed by atoms with Gasteiger partial charge in [0.25, 0.3) is 16.0 Å². The number of carbonyl (C=O) groups is 1. The van der Waals surface area contributed by atoms with Gasteiger partial charge in [0.1, 0.15) is 9.90 Å². The summed E-state index contributed by atoms with van der Waals surface area (Å²) in [5.41, 5.74) is 4.38. The normalized spacial score (nSPS) is 11.2. The van der Waals surface area contributed by atoms with Crippen molar-refractivity contribution < 1.29 is 17.8 Å². The third-order valence-electron chi connectivity index (χ3n) is 5.79. The fourth-order valence-corrected chi connectivity index (χ4v) is 6.48. The number of amides is 1. The highest BCUT2D eigenvalue weighted by atomic mass is 32.2. The molecule has 11 heteroatoms. The molecule has 0 aliphatic heterocycles. The van der Waals surface area contributed by atoms with E-state index in [1.54, 1.807) is 67.6 Å². The number of nitrogens with zero attached hydrogens (tertiary/aromatic N) is 1. The Morgan fingerprint density at radius 1 is 0.821 bits per heavy atom. The molecular formula is C28H22N4O4S3. The maximum Gasteiger partial charge on any atom is 0.296 e. The number of carbonyl (C=O) groups excluding carboxylic acids is 1. The molecule has 0 saturated carbocycles. The fourth-order valence-electron chi connectivity index (χ4n) is 3.93. The highest BCUT2D eigenvalue weighted by Crippen LogP contribution is 2.36. The Morgan fingerprint density at radius 2 is 1.41 bits per heavy atom. The molecule has 0 bridgehead atoms. The number of anilines is 3. The minimum absolute atomic E-state index is 0.122. The van der Waals surface area contributed by atoms with Gasteiger partial charge in [-0.15, -0.1) is 11.3 Å². The van der Waals surface area contributed by atoms with Crippen molar-refractivity contribution >= 4 is 72.0 Å². The SMILES string of the molecule is Cc1ccc2nc(-c3ccc(NC(=O)c4ccc(NC(=S)Nc5ccccc5)cc4)cc3)sc2c1S(=O)(=O)O. The average molecular weight is 575 g/mol. The van der Waals surface area contributed by atoms with Crippen molar-refractivity contribution in [3.63, 3.8) is 0 Å². The number of hydrogen-bond acceptors (Lipinski definition) is 6. The minimum atomic E-state index is -4.39. The van der Waals surface area contributed by atoms with Crippen LogP contribution in [0.5, 0.6) is 0 Å². The largest absolute Gasteiger partial charge is 0.332 e. The standard InChI is InChI=1S/C28H22N4O4S3/c1-17-7-16-23-24(25(17)39(34,35)36)38-27(32-23)19-10-14-21(15-11-19)29-26(33)18-8-12-22(13-9-18)31-28(37)30-20-5-3-2-4-6-20/h2-16H,1H3,(H,29,33)(H2,30,31,37)(H,34,35,36). The Balaban J connectivity index is 1.25. The number of thiazole rings is 1. The number of aromatic nitrogens is 1. The first-order valence-electron chi connectivity index (χ1n) is 11.7. The molecule has 5 aromatic rings. The van der Waals surface area contributed by atoms with E-state index in [2.05, 4.69) is 20.9 Å². The summed E-state index contributed by atoms with van der Waals surface area (Å²) < 4.78 is 33.9. The number of fused-ring (bicyclic) bond motifs is 1. The van der Waals surface area contributed by atoms with Crippen LogP contribution in [0.2, 0.25) is 0 Å². The molecule has 0 aliphatic carbocycles. The Bertz CT molecular complexity index is 1790. The number of thiocarbonyl (C=S) groups is 1. The maximum absolute atomic E-state index is 12.8. The number of aryl methyl sites for hydroxylation is 1. The van der Waals surface area contributed by atoms with E-state index in [0.29, 0.717) is 37.2 Å². The number of hydrogen-bond donors (Lipinski definition) is 4. The zero-order valence-electron chi connectivity index (χ0n) is 20.5. The van der Waals surface area contributed by atoms with Gasteiger partial charge in [-0.2, -0.15) is 8.42 Å². The van der Waals surface area contributed by atoms with Gasteiger partial charge in [-0.05, 0) is 91.4 Å². The Labute approximate surface area is 234 Å². The van der Waals surface area contributed by atoms with Gasteiger partial charge in [0.2, 0.25) is 0 Å². The van der Waals surface area contributed by atoms with Crippen molar-refractivity contribution in [2.24, 2.45) is 0 Å². The van der Waals surface area contributed by atoms with Crippen LogP contribution in [-0.2, 0) is 10.1 Å². The highest BCUT2D eigenvalue weighted by Gasteiger charge is 2.20. The number of benzene rings is 4. The molecule has 0 spiro atoms. The van der Waals surface area contributed by atoms with E-state index in [9.17, 15) is 17.8 Å². The van der Waals surface area contributed by atoms with Crippen molar-refractivity contribution in [1.29, 1.82) is 0 Å². The van der Waals surface area contributed by atoms with E-state index in [4.69, 9.17) is 12.2 Å². The monoisotopic (exact) mass is 574 g/mol. The summed E-state index contributed by atoms with van der Waals surface area (Å²) in [6.07, 6.45) is 0. The maximum atomic E-state index is 12.8. The zero-order valence-corrected chi connectivity index (χ0v) is 23.0. The molecule has 196 valence electrons. The summed E-state index contributed by atoms with van der Waals surface area (Å²) in [7, 11) is -4.39. The lowest BCUT2D eigenvalue weighted by Crippen LogP contribution is -2.19. The lowest BCUT2D eigenvalue weighted by molar-refractivity contribution is 0.102. The van der Waals surface area contributed by atoms with Crippen molar-refractivity contribution in [2.45, 2.75) is 11.8 Å². The predicted molar refractivity (Wildman–Crippen MR) is 160 cm³/mol. The van der Waals surface area contributed by atoms with Gasteiger partial charge in [0.05, 0.1) is 10.2 Å². The Morgan fingerprint density at radius 3 is 2.05 bits per heavy atom. The molecule has 0 radical (unpaired) electrons. The summed E-state index contributed by atoms with van der Waals surface area (Å²) in [5.74, 6) is -0.271. The average Bonchev–Trinajstić information content (AvgIpc) is 3.33. The minimum Gasteiger partial charge on any atom is -0.332 e. The smallest absolute Gasteiger partial charge is 0.296 e. The summed E-state index contributed by atoms with van der Waals surface area (Å²) in [4.78, 5) is 17.2. The van der Waals surface area contributed by atoms with Crippen LogP contribution in [0.1, 0.15) is 15.9 Å². The Kier molecular flexibility index (Phi) is 7.40. The van der Waals surface area contributed by atoms with E-state index in [-0.39, 0.29) is 10.8 Å². The molecule has 0 fully saturated rings. The van der Waals surface area contributed by atoms with Gasteiger partial charge in [-0.1, -0.05) is 24.3 Å². The molecule has 4 aromatic carbocycles. The van der Waals surface area contributed by atoms with E-state index >= 15 is 0 Å². The molecular weight excluding hydrogens is 553 g/mol. The van der Waals surface area contributed by atoms with Crippen molar-refractivity contribution in [3.8, 4) is 10.6 Å². The van der Waals surface area contributed by atoms with Gasteiger partial charge in [-0.3, -0.25) is 9.35 Å². The number of para-hydroxylation sites is 1. The van der Waals surface area contributed by atoms with E-state index in [1.807, 2.05) is 30.3 Å². The molecule has 8 nitrogen and oxygen atoms in total. The third kappa shape index (κ3) is 6.13. The second-order valence-corrected chi connectivity index (χ2v) is 11.4.